The summed E-state index contributed by atoms with van der Waals surface area (Å²) in [5, 5.41) is 5.84. The number of nitrogens with zero attached hydrogens (tertiary/aromatic N) is 3. The first-order valence-corrected chi connectivity index (χ1v) is 6.51. The molecule has 7 heteroatoms. The molecule has 0 aromatic carbocycles. The van der Waals surface area contributed by atoms with Gasteiger partial charge >= 0.3 is 0 Å². The number of amides is 1. The van der Waals surface area contributed by atoms with Crippen molar-refractivity contribution in [2.45, 2.75) is 6.54 Å². The first kappa shape index (κ1) is 14.9. The Morgan fingerprint density at radius 2 is 2.29 bits per heavy atom. The minimum absolute atomic E-state index is 0.251. The number of hydrogen-bond donors (Lipinski definition) is 2. The van der Waals surface area contributed by atoms with Gasteiger partial charge in [0.1, 0.15) is 17.8 Å². The number of ether oxygens (including phenoxy) is 1. The third kappa shape index (κ3) is 4.81. The molecule has 0 aliphatic rings. The normalized spacial score (nSPS) is 10.1. The van der Waals surface area contributed by atoms with Gasteiger partial charge in [-0.3, -0.25) is 9.78 Å². The third-order valence-electron chi connectivity index (χ3n) is 2.69. The minimum Gasteiger partial charge on any atom is -0.383 e. The van der Waals surface area contributed by atoms with Crippen molar-refractivity contribution in [3.05, 3.63) is 48.2 Å². The van der Waals surface area contributed by atoms with Crippen molar-refractivity contribution in [1.29, 1.82) is 0 Å². The number of carbonyl (C=O) groups excluding carboxylic acids is 1. The van der Waals surface area contributed by atoms with Crippen molar-refractivity contribution in [2.75, 3.05) is 25.6 Å². The van der Waals surface area contributed by atoms with Crippen LogP contribution in [0, 0.1) is 0 Å². The Morgan fingerprint density at radius 3 is 3.05 bits per heavy atom. The molecule has 0 spiro atoms. The van der Waals surface area contributed by atoms with Crippen LogP contribution in [0.5, 0.6) is 0 Å². The predicted molar refractivity (Wildman–Crippen MR) is 77.8 cm³/mol. The van der Waals surface area contributed by atoms with Crippen molar-refractivity contribution < 1.29 is 9.53 Å². The summed E-state index contributed by atoms with van der Waals surface area (Å²) in [5.41, 5.74) is 1.34. The molecule has 0 saturated heterocycles. The van der Waals surface area contributed by atoms with Gasteiger partial charge in [0.05, 0.1) is 6.61 Å². The molecule has 7 nitrogen and oxygen atoms in total. The number of hydrogen-bond acceptors (Lipinski definition) is 6. The molecule has 0 atom stereocenters. The Labute approximate surface area is 122 Å². The lowest BCUT2D eigenvalue weighted by atomic mass is 10.3. The Morgan fingerprint density at radius 1 is 1.38 bits per heavy atom. The van der Waals surface area contributed by atoms with Gasteiger partial charge in [0.15, 0.2) is 0 Å². The van der Waals surface area contributed by atoms with Gasteiger partial charge in [-0.2, -0.15) is 0 Å². The maximum absolute atomic E-state index is 11.9. The van der Waals surface area contributed by atoms with Gasteiger partial charge in [-0.15, -0.1) is 0 Å². The van der Waals surface area contributed by atoms with Crippen LogP contribution < -0.4 is 10.6 Å². The first-order valence-electron chi connectivity index (χ1n) is 6.51. The molecule has 2 aromatic rings. The topological polar surface area (TPSA) is 89.0 Å². The zero-order chi connectivity index (χ0) is 14.9. The molecule has 2 heterocycles. The summed E-state index contributed by atoms with van der Waals surface area (Å²) in [6.07, 6.45) is 4.85. The summed E-state index contributed by atoms with van der Waals surface area (Å²) >= 11 is 0. The highest BCUT2D eigenvalue weighted by molar-refractivity contribution is 5.92. The molecule has 21 heavy (non-hydrogen) atoms. The molecular formula is C14H17N5O2. The standard InChI is InChI=1S/C14H17N5O2/c1-21-6-5-16-14(20)12-7-13(19-10-18-12)17-9-11-3-2-4-15-8-11/h2-4,7-8,10H,5-6,9H2,1H3,(H,16,20)(H,17,18,19). The molecule has 0 saturated carbocycles. The lowest BCUT2D eigenvalue weighted by molar-refractivity contribution is 0.0932. The van der Waals surface area contributed by atoms with Crippen LogP contribution >= 0.6 is 0 Å². The van der Waals surface area contributed by atoms with E-state index >= 15 is 0 Å². The van der Waals surface area contributed by atoms with Crippen LogP contribution in [0.15, 0.2) is 36.9 Å². The Bertz CT molecular complexity index is 577. The number of rotatable bonds is 7. The summed E-state index contributed by atoms with van der Waals surface area (Å²) in [6.45, 7) is 1.48. The van der Waals surface area contributed by atoms with E-state index in [1.807, 2.05) is 12.1 Å². The average molecular weight is 287 g/mol. The van der Waals surface area contributed by atoms with Crippen LogP contribution in [0.4, 0.5) is 5.82 Å². The SMILES string of the molecule is COCCNC(=O)c1cc(NCc2cccnc2)ncn1. The zero-order valence-corrected chi connectivity index (χ0v) is 11.7. The first-order chi connectivity index (χ1) is 10.3. The van der Waals surface area contributed by atoms with Crippen molar-refractivity contribution in [1.82, 2.24) is 20.3 Å². The van der Waals surface area contributed by atoms with E-state index < -0.39 is 0 Å². The van der Waals surface area contributed by atoms with Gasteiger partial charge in [-0.1, -0.05) is 6.07 Å². The predicted octanol–water partition coefficient (Wildman–Crippen LogP) is 0.860. The molecule has 110 valence electrons. The molecular weight excluding hydrogens is 270 g/mol. The van der Waals surface area contributed by atoms with Crippen molar-refractivity contribution in [2.24, 2.45) is 0 Å². The third-order valence-corrected chi connectivity index (χ3v) is 2.69. The van der Waals surface area contributed by atoms with E-state index in [4.69, 9.17) is 4.74 Å². The van der Waals surface area contributed by atoms with Gasteiger partial charge in [0.25, 0.3) is 5.91 Å². The Hall–Kier alpha value is -2.54. The molecule has 0 bridgehead atoms. The lowest BCUT2D eigenvalue weighted by Gasteiger charge is -2.07. The van der Waals surface area contributed by atoms with E-state index in [0.29, 0.717) is 31.2 Å². The van der Waals surface area contributed by atoms with Gasteiger partial charge in [-0.25, -0.2) is 9.97 Å². The number of pyridine rings is 1. The highest BCUT2D eigenvalue weighted by Crippen LogP contribution is 2.06. The molecule has 2 aromatic heterocycles. The van der Waals surface area contributed by atoms with Crippen LogP contribution in [0.3, 0.4) is 0 Å². The minimum atomic E-state index is -0.251. The van der Waals surface area contributed by atoms with Crippen molar-refractivity contribution >= 4 is 11.7 Å². The number of carbonyl (C=O) groups is 1. The molecule has 0 unspecified atom stereocenters. The molecule has 0 aliphatic carbocycles. The van der Waals surface area contributed by atoms with Gasteiger partial charge in [0, 0.05) is 38.7 Å². The Balaban J connectivity index is 1.92. The summed E-state index contributed by atoms with van der Waals surface area (Å²) < 4.78 is 4.87. The van der Waals surface area contributed by atoms with Crippen LogP contribution in [0.2, 0.25) is 0 Å². The van der Waals surface area contributed by atoms with E-state index in [1.165, 1.54) is 6.33 Å². The van der Waals surface area contributed by atoms with Gasteiger partial charge in [-0.05, 0) is 11.6 Å². The second kappa shape index (κ2) is 7.91. The van der Waals surface area contributed by atoms with Crippen LogP contribution in [0.25, 0.3) is 0 Å². The van der Waals surface area contributed by atoms with Gasteiger partial charge < -0.3 is 15.4 Å². The maximum atomic E-state index is 11.9. The highest BCUT2D eigenvalue weighted by atomic mass is 16.5. The number of nitrogens with one attached hydrogen (secondary N) is 2. The summed E-state index contributed by atoms with van der Waals surface area (Å²) in [7, 11) is 1.58. The quantitative estimate of drug-likeness (QED) is 0.734. The second-order valence-corrected chi connectivity index (χ2v) is 4.25. The Kier molecular flexibility index (Phi) is 5.60. The maximum Gasteiger partial charge on any atom is 0.270 e. The van der Waals surface area contributed by atoms with E-state index in [0.717, 1.165) is 5.56 Å². The molecule has 0 radical (unpaired) electrons. The molecule has 0 aliphatic heterocycles. The number of aromatic nitrogens is 3. The number of anilines is 1. The zero-order valence-electron chi connectivity index (χ0n) is 11.7. The van der Waals surface area contributed by atoms with E-state index in [9.17, 15) is 4.79 Å². The van der Waals surface area contributed by atoms with Crippen molar-refractivity contribution in [3.63, 3.8) is 0 Å². The van der Waals surface area contributed by atoms with E-state index in [-0.39, 0.29) is 5.91 Å². The molecule has 2 rings (SSSR count). The van der Waals surface area contributed by atoms with Crippen LogP contribution in [-0.4, -0.2) is 41.1 Å². The lowest BCUT2D eigenvalue weighted by Crippen LogP contribution is -2.27. The van der Waals surface area contributed by atoms with E-state index in [1.54, 1.807) is 25.6 Å². The average Bonchev–Trinajstić information content (AvgIpc) is 2.54. The smallest absolute Gasteiger partial charge is 0.270 e. The molecule has 1 amide bonds. The highest BCUT2D eigenvalue weighted by Gasteiger charge is 2.07. The largest absolute Gasteiger partial charge is 0.383 e. The van der Waals surface area contributed by atoms with Crippen molar-refractivity contribution in [3.8, 4) is 0 Å². The second-order valence-electron chi connectivity index (χ2n) is 4.25. The molecule has 0 fully saturated rings. The fourth-order valence-corrected chi connectivity index (χ4v) is 1.63. The molecule has 2 N–H and O–H groups in total. The van der Waals surface area contributed by atoms with Crippen LogP contribution in [0.1, 0.15) is 16.1 Å². The summed E-state index contributed by atoms with van der Waals surface area (Å²) in [6, 6.07) is 5.43. The summed E-state index contributed by atoms with van der Waals surface area (Å²) in [5.74, 6) is 0.338. The monoisotopic (exact) mass is 287 g/mol. The van der Waals surface area contributed by atoms with Crippen LogP contribution in [-0.2, 0) is 11.3 Å². The number of methoxy groups -OCH3 is 1. The fourth-order valence-electron chi connectivity index (χ4n) is 1.63. The fraction of sp³-hybridized carbons (Fsp3) is 0.286. The summed E-state index contributed by atoms with van der Waals surface area (Å²) in [4.78, 5) is 23.9. The van der Waals surface area contributed by atoms with Gasteiger partial charge in [0.2, 0.25) is 0 Å². The van der Waals surface area contributed by atoms with E-state index in [2.05, 4.69) is 25.6 Å².